The Morgan fingerprint density at radius 2 is 2.14 bits per heavy atom. The Bertz CT molecular complexity index is 811. The molecule has 4 nitrogen and oxygen atoms in total. The van der Waals surface area contributed by atoms with Gasteiger partial charge in [-0.25, -0.2) is 9.37 Å². The van der Waals surface area contributed by atoms with Crippen LogP contribution in [-0.2, 0) is 11.2 Å². The van der Waals surface area contributed by atoms with Crippen LogP contribution >= 0.6 is 0 Å². The number of anilines is 1. The van der Waals surface area contributed by atoms with E-state index >= 15 is 0 Å². The topological polar surface area (TPSA) is 55.1 Å². The number of fused-ring (bicyclic) bond motifs is 1. The third kappa shape index (κ3) is 3.08. The number of hydrogen-bond donors (Lipinski definition) is 1. The summed E-state index contributed by atoms with van der Waals surface area (Å²) in [5.41, 5.74) is 2.68. The highest BCUT2D eigenvalue weighted by molar-refractivity contribution is 5.92. The number of rotatable bonds is 3. The van der Waals surface area contributed by atoms with Crippen LogP contribution in [0, 0.1) is 12.7 Å². The van der Waals surface area contributed by atoms with Gasteiger partial charge in [0, 0.05) is 12.6 Å². The first kappa shape index (κ1) is 13.3. The molecule has 1 heterocycles. The highest BCUT2D eigenvalue weighted by atomic mass is 19.1. The minimum Gasteiger partial charge on any atom is -0.441 e. The summed E-state index contributed by atoms with van der Waals surface area (Å²) in [6.07, 6.45) is 0.187. The van der Waals surface area contributed by atoms with E-state index in [2.05, 4.69) is 10.3 Å². The number of oxazole rings is 1. The summed E-state index contributed by atoms with van der Waals surface area (Å²) >= 11 is 0. The van der Waals surface area contributed by atoms with Crippen molar-refractivity contribution in [3.05, 3.63) is 59.7 Å². The fraction of sp³-hybridized carbons (Fsp3) is 0.125. The lowest BCUT2D eigenvalue weighted by atomic mass is 10.1. The van der Waals surface area contributed by atoms with Crippen molar-refractivity contribution in [3.8, 4) is 0 Å². The SMILES string of the molecule is Cc1nc2ccc(CC(=O)Nc3cccc(F)c3)cc2o1. The summed E-state index contributed by atoms with van der Waals surface area (Å²) < 4.78 is 18.5. The summed E-state index contributed by atoms with van der Waals surface area (Å²) in [5.74, 6) is -0.00564. The number of halogens is 1. The molecule has 0 fully saturated rings. The Morgan fingerprint density at radius 3 is 2.95 bits per heavy atom. The molecule has 0 spiro atoms. The van der Waals surface area contributed by atoms with Gasteiger partial charge in [0.05, 0.1) is 6.42 Å². The van der Waals surface area contributed by atoms with Gasteiger partial charge in [-0.2, -0.15) is 0 Å². The maximum atomic E-state index is 13.1. The fourth-order valence-corrected chi connectivity index (χ4v) is 2.15. The van der Waals surface area contributed by atoms with Crippen LogP contribution in [-0.4, -0.2) is 10.9 Å². The zero-order valence-corrected chi connectivity index (χ0v) is 11.4. The fourth-order valence-electron chi connectivity index (χ4n) is 2.15. The largest absolute Gasteiger partial charge is 0.441 e. The van der Waals surface area contributed by atoms with Gasteiger partial charge < -0.3 is 9.73 Å². The number of amides is 1. The first-order valence-corrected chi connectivity index (χ1v) is 6.52. The zero-order valence-electron chi connectivity index (χ0n) is 11.4. The molecule has 21 heavy (non-hydrogen) atoms. The van der Waals surface area contributed by atoms with Crippen molar-refractivity contribution in [1.29, 1.82) is 0 Å². The number of aromatic nitrogens is 1. The van der Waals surface area contributed by atoms with E-state index in [0.29, 0.717) is 17.2 Å². The molecule has 1 amide bonds. The summed E-state index contributed by atoms with van der Waals surface area (Å²) in [6.45, 7) is 1.77. The van der Waals surface area contributed by atoms with Crippen LogP contribution in [0.1, 0.15) is 11.5 Å². The van der Waals surface area contributed by atoms with Crippen molar-refractivity contribution in [2.45, 2.75) is 13.3 Å². The average molecular weight is 284 g/mol. The van der Waals surface area contributed by atoms with Gasteiger partial charge in [-0.05, 0) is 35.9 Å². The Balaban J connectivity index is 1.73. The molecular weight excluding hydrogens is 271 g/mol. The van der Waals surface area contributed by atoms with Crippen LogP contribution in [0.2, 0.25) is 0 Å². The molecule has 0 aliphatic rings. The molecule has 0 bridgehead atoms. The molecule has 1 aromatic heterocycles. The number of aryl methyl sites for hydroxylation is 1. The summed E-state index contributed by atoms with van der Waals surface area (Å²) in [7, 11) is 0. The van der Waals surface area contributed by atoms with Crippen molar-refractivity contribution in [2.75, 3.05) is 5.32 Å². The van der Waals surface area contributed by atoms with E-state index in [-0.39, 0.29) is 18.1 Å². The van der Waals surface area contributed by atoms with E-state index in [4.69, 9.17) is 4.42 Å². The van der Waals surface area contributed by atoms with Crippen LogP contribution in [0.15, 0.2) is 46.9 Å². The van der Waals surface area contributed by atoms with Gasteiger partial charge in [-0.1, -0.05) is 12.1 Å². The summed E-state index contributed by atoms with van der Waals surface area (Å²) in [5, 5.41) is 2.66. The Hall–Kier alpha value is -2.69. The molecule has 0 saturated heterocycles. The molecular formula is C16H13FN2O2. The minimum absolute atomic E-state index is 0.187. The van der Waals surface area contributed by atoms with Gasteiger partial charge in [0.15, 0.2) is 11.5 Å². The predicted molar refractivity (Wildman–Crippen MR) is 77.5 cm³/mol. The summed E-state index contributed by atoms with van der Waals surface area (Å²) in [4.78, 5) is 16.2. The minimum atomic E-state index is -0.383. The van der Waals surface area contributed by atoms with Crippen LogP contribution < -0.4 is 5.32 Å². The molecule has 0 atom stereocenters. The lowest BCUT2D eigenvalue weighted by Crippen LogP contribution is -2.14. The highest BCUT2D eigenvalue weighted by Gasteiger charge is 2.08. The molecule has 1 N–H and O–H groups in total. The summed E-state index contributed by atoms with van der Waals surface area (Å²) in [6, 6.07) is 11.2. The van der Waals surface area contributed by atoms with E-state index in [0.717, 1.165) is 11.1 Å². The quantitative estimate of drug-likeness (QED) is 0.801. The number of carbonyl (C=O) groups excluding carboxylic acids is 1. The first-order valence-electron chi connectivity index (χ1n) is 6.52. The zero-order chi connectivity index (χ0) is 14.8. The molecule has 2 aromatic carbocycles. The molecule has 0 aliphatic heterocycles. The van der Waals surface area contributed by atoms with Crippen LogP contribution in [0.4, 0.5) is 10.1 Å². The van der Waals surface area contributed by atoms with E-state index in [1.165, 1.54) is 12.1 Å². The van der Waals surface area contributed by atoms with Gasteiger partial charge in [0.1, 0.15) is 11.3 Å². The maximum Gasteiger partial charge on any atom is 0.228 e. The molecule has 106 valence electrons. The molecule has 0 saturated carbocycles. The molecule has 0 unspecified atom stereocenters. The van der Waals surface area contributed by atoms with E-state index in [9.17, 15) is 9.18 Å². The van der Waals surface area contributed by atoms with Crippen molar-refractivity contribution in [2.24, 2.45) is 0 Å². The Morgan fingerprint density at radius 1 is 1.29 bits per heavy atom. The standard InChI is InChI=1S/C16H13FN2O2/c1-10-18-14-6-5-11(7-15(14)21-10)8-16(20)19-13-4-2-3-12(17)9-13/h2-7,9H,8H2,1H3,(H,19,20). The second-order valence-corrected chi connectivity index (χ2v) is 4.77. The molecule has 0 radical (unpaired) electrons. The first-order chi connectivity index (χ1) is 10.1. The normalized spacial score (nSPS) is 10.8. The average Bonchev–Trinajstić information content (AvgIpc) is 2.78. The van der Waals surface area contributed by atoms with Crippen LogP contribution in [0.5, 0.6) is 0 Å². The van der Waals surface area contributed by atoms with Crippen molar-refractivity contribution in [3.63, 3.8) is 0 Å². The maximum absolute atomic E-state index is 13.1. The number of nitrogens with one attached hydrogen (secondary N) is 1. The van der Waals surface area contributed by atoms with Crippen molar-refractivity contribution >= 4 is 22.7 Å². The van der Waals surface area contributed by atoms with Gasteiger partial charge in [0.2, 0.25) is 5.91 Å². The number of benzene rings is 2. The van der Waals surface area contributed by atoms with Gasteiger partial charge in [-0.3, -0.25) is 4.79 Å². The molecule has 3 rings (SSSR count). The molecule has 5 heteroatoms. The van der Waals surface area contributed by atoms with Crippen LogP contribution in [0.25, 0.3) is 11.1 Å². The monoisotopic (exact) mass is 284 g/mol. The van der Waals surface area contributed by atoms with E-state index < -0.39 is 0 Å². The highest BCUT2D eigenvalue weighted by Crippen LogP contribution is 2.17. The van der Waals surface area contributed by atoms with Crippen LogP contribution in [0.3, 0.4) is 0 Å². The molecule has 0 aliphatic carbocycles. The van der Waals surface area contributed by atoms with E-state index in [1.807, 2.05) is 12.1 Å². The third-order valence-electron chi connectivity index (χ3n) is 3.03. The second kappa shape index (κ2) is 5.36. The molecule has 3 aromatic rings. The van der Waals surface area contributed by atoms with Gasteiger partial charge in [0.25, 0.3) is 0 Å². The smallest absolute Gasteiger partial charge is 0.228 e. The second-order valence-electron chi connectivity index (χ2n) is 4.77. The van der Waals surface area contributed by atoms with E-state index in [1.54, 1.807) is 25.1 Å². The lowest BCUT2D eigenvalue weighted by molar-refractivity contribution is -0.115. The van der Waals surface area contributed by atoms with Crippen molar-refractivity contribution < 1.29 is 13.6 Å². The number of carbonyl (C=O) groups is 1. The van der Waals surface area contributed by atoms with Gasteiger partial charge >= 0.3 is 0 Å². The van der Waals surface area contributed by atoms with Gasteiger partial charge in [-0.15, -0.1) is 0 Å². The Labute approximate surface area is 120 Å². The number of hydrogen-bond acceptors (Lipinski definition) is 3. The van der Waals surface area contributed by atoms with Crippen molar-refractivity contribution in [1.82, 2.24) is 4.98 Å². The Kier molecular flexibility index (Phi) is 3.39. The number of nitrogens with zero attached hydrogens (tertiary/aromatic N) is 1. The predicted octanol–water partition coefficient (Wildman–Crippen LogP) is 3.46. The third-order valence-corrected chi connectivity index (χ3v) is 3.03. The lowest BCUT2D eigenvalue weighted by Gasteiger charge is -2.05.